The number of carbonyl (C=O) groups excluding carboxylic acids is 2. The molecule has 2 aromatic heterocycles. The van der Waals surface area contributed by atoms with Crippen molar-refractivity contribution in [3.05, 3.63) is 98.9 Å². The van der Waals surface area contributed by atoms with E-state index in [1.54, 1.807) is 60.9 Å². The molecule has 2 amide bonds. The van der Waals surface area contributed by atoms with Crippen molar-refractivity contribution < 1.29 is 9.59 Å². The zero-order valence-electron chi connectivity index (χ0n) is 17.6. The first-order valence-electron chi connectivity index (χ1n) is 10.2. The van der Waals surface area contributed by atoms with Crippen LogP contribution in [0.1, 0.15) is 33.5 Å². The second-order valence-corrected chi connectivity index (χ2v) is 9.02. The molecule has 168 valence electrons. The van der Waals surface area contributed by atoms with E-state index in [4.69, 9.17) is 23.2 Å². The summed E-state index contributed by atoms with van der Waals surface area (Å²) < 4.78 is 1.82. The largest absolute Gasteiger partial charge is 0.331 e. The normalized spacial score (nSPS) is 10.8. The first kappa shape index (κ1) is 23.0. The fourth-order valence-electron chi connectivity index (χ4n) is 3.28. The number of anilines is 1. The second-order valence-electron chi connectivity index (χ2n) is 7.10. The van der Waals surface area contributed by atoms with E-state index in [0.29, 0.717) is 32.7 Å². The third kappa shape index (κ3) is 5.11. The fourth-order valence-corrected chi connectivity index (χ4v) is 4.78. The molecule has 0 atom stereocenters. The number of aryl methyl sites for hydroxylation is 1. The summed E-state index contributed by atoms with van der Waals surface area (Å²) in [5.74, 6) is 0.428. The van der Waals surface area contributed by atoms with Crippen molar-refractivity contribution in [1.82, 2.24) is 14.9 Å². The molecule has 33 heavy (non-hydrogen) atoms. The van der Waals surface area contributed by atoms with E-state index in [2.05, 4.69) is 15.6 Å². The van der Waals surface area contributed by atoms with Crippen molar-refractivity contribution in [2.24, 2.45) is 0 Å². The Hall–Kier alpha value is -3.13. The number of nitrogens with one attached hydrogen (secondary N) is 2. The van der Waals surface area contributed by atoms with Crippen molar-refractivity contribution in [2.75, 3.05) is 5.32 Å². The van der Waals surface area contributed by atoms with Crippen molar-refractivity contribution in [3.8, 4) is 5.00 Å². The zero-order valence-corrected chi connectivity index (χ0v) is 20.0. The lowest BCUT2D eigenvalue weighted by atomic mass is 10.0. The molecule has 0 fully saturated rings. The molecule has 2 heterocycles. The number of urea groups is 1. The van der Waals surface area contributed by atoms with Gasteiger partial charge < -0.3 is 10.6 Å². The number of aromatic nitrogens is 2. The number of hydrogen-bond donors (Lipinski definition) is 2. The highest BCUT2D eigenvalue weighted by Gasteiger charge is 2.22. The van der Waals surface area contributed by atoms with Crippen LogP contribution in [0.3, 0.4) is 0 Å². The molecule has 0 unspecified atom stereocenters. The van der Waals surface area contributed by atoms with Crippen molar-refractivity contribution >= 4 is 52.0 Å². The number of hydrogen-bond acceptors (Lipinski definition) is 4. The van der Waals surface area contributed by atoms with Crippen molar-refractivity contribution in [2.45, 2.75) is 19.9 Å². The number of halogens is 2. The van der Waals surface area contributed by atoms with Gasteiger partial charge in [0.1, 0.15) is 10.8 Å². The van der Waals surface area contributed by atoms with Crippen LogP contribution in [0.5, 0.6) is 0 Å². The van der Waals surface area contributed by atoms with E-state index < -0.39 is 6.03 Å². The van der Waals surface area contributed by atoms with Crippen LogP contribution >= 0.6 is 34.5 Å². The minimum atomic E-state index is -0.412. The smallest absolute Gasteiger partial charge is 0.319 e. The molecule has 0 saturated heterocycles. The number of ketones is 1. The van der Waals surface area contributed by atoms with Gasteiger partial charge in [0.2, 0.25) is 0 Å². The lowest BCUT2D eigenvalue weighted by Crippen LogP contribution is -2.29. The van der Waals surface area contributed by atoms with Crippen LogP contribution < -0.4 is 10.6 Å². The highest BCUT2D eigenvalue weighted by molar-refractivity contribution is 7.15. The lowest BCUT2D eigenvalue weighted by molar-refractivity contribution is 0.103. The third-order valence-corrected chi connectivity index (χ3v) is 6.88. The maximum absolute atomic E-state index is 13.3. The Bertz CT molecular complexity index is 1320. The van der Waals surface area contributed by atoms with Gasteiger partial charge in [-0.15, -0.1) is 11.3 Å². The van der Waals surface area contributed by atoms with Crippen LogP contribution in [0.4, 0.5) is 10.5 Å². The van der Waals surface area contributed by atoms with Gasteiger partial charge in [-0.3, -0.25) is 9.36 Å². The lowest BCUT2D eigenvalue weighted by Gasteiger charge is -2.11. The summed E-state index contributed by atoms with van der Waals surface area (Å²) in [6.07, 6.45) is 4.20. The number of benzene rings is 2. The first-order valence-corrected chi connectivity index (χ1v) is 11.8. The Morgan fingerprint density at radius 3 is 2.48 bits per heavy atom. The monoisotopic (exact) mass is 498 g/mol. The summed E-state index contributed by atoms with van der Waals surface area (Å²) in [5, 5.41) is 7.09. The van der Waals surface area contributed by atoms with Crippen LogP contribution in [-0.4, -0.2) is 21.4 Å². The molecule has 0 spiro atoms. The highest BCUT2D eigenvalue weighted by Crippen LogP contribution is 2.31. The molecular weight excluding hydrogens is 479 g/mol. The number of carbonyl (C=O) groups is 2. The minimum Gasteiger partial charge on any atom is -0.331 e. The zero-order chi connectivity index (χ0) is 23.4. The van der Waals surface area contributed by atoms with Gasteiger partial charge in [0, 0.05) is 22.8 Å². The van der Waals surface area contributed by atoms with Gasteiger partial charge in [-0.05, 0) is 36.8 Å². The molecule has 9 heteroatoms. The predicted octanol–water partition coefficient (Wildman–Crippen LogP) is 6.36. The SMILES string of the molecule is CCc1cc(C(=O)c2ccccc2Cl)c(-n2ccnc2CNC(=O)Nc2ccccc2Cl)s1. The molecule has 2 N–H and O–H groups in total. The molecular formula is C24H20Cl2N4O2S. The Kier molecular flexibility index (Phi) is 7.13. The third-order valence-electron chi connectivity index (χ3n) is 4.94. The number of thiophene rings is 1. The summed E-state index contributed by atoms with van der Waals surface area (Å²) in [7, 11) is 0. The summed E-state index contributed by atoms with van der Waals surface area (Å²) in [5.41, 5.74) is 1.50. The van der Waals surface area contributed by atoms with Crippen LogP contribution in [0.25, 0.3) is 5.00 Å². The highest BCUT2D eigenvalue weighted by atomic mass is 35.5. The molecule has 0 aliphatic carbocycles. The van der Waals surface area contributed by atoms with Crippen LogP contribution in [0.2, 0.25) is 10.0 Å². The molecule has 4 aromatic rings. The maximum Gasteiger partial charge on any atom is 0.319 e. The van der Waals surface area contributed by atoms with Gasteiger partial charge in [0.15, 0.2) is 5.78 Å². The number of rotatable bonds is 7. The number of para-hydroxylation sites is 1. The number of amides is 2. The first-order chi connectivity index (χ1) is 16.0. The number of imidazole rings is 1. The van der Waals surface area contributed by atoms with Gasteiger partial charge in [-0.2, -0.15) is 0 Å². The Morgan fingerprint density at radius 1 is 1.03 bits per heavy atom. The van der Waals surface area contributed by atoms with E-state index in [-0.39, 0.29) is 12.3 Å². The summed E-state index contributed by atoms with van der Waals surface area (Å²) in [6, 6.07) is 15.5. The molecule has 0 bridgehead atoms. The van der Waals surface area contributed by atoms with E-state index in [9.17, 15) is 9.59 Å². The van der Waals surface area contributed by atoms with E-state index in [1.165, 1.54) is 11.3 Å². The van der Waals surface area contributed by atoms with E-state index in [1.807, 2.05) is 17.6 Å². The summed E-state index contributed by atoms with van der Waals surface area (Å²) in [6.45, 7) is 2.19. The molecule has 4 rings (SSSR count). The van der Waals surface area contributed by atoms with Gasteiger partial charge in [0.05, 0.1) is 27.8 Å². The molecule has 6 nitrogen and oxygen atoms in total. The van der Waals surface area contributed by atoms with Crippen molar-refractivity contribution in [3.63, 3.8) is 0 Å². The topological polar surface area (TPSA) is 76.0 Å². The summed E-state index contributed by atoms with van der Waals surface area (Å²) in [4.78, 5) is 31.1. The average molecular weight is 499 g/mol. The van der Waals surface area contributed by atoms with Crippen molar-refractivity contribution in [1.29, 1.82) is 0 Å². The Balaban J connectivity index is 1.58. The maximum atomic E-state index is 13.3. The minimum absolute atomic E-state index is 0.155. The quantitative estimate of drug-likeness (QED) is 0.291. The van der Waals surface area contributed by atoms with E-state index in [0.717, 1.165) is 16.3 Å². The summed E-state index contributed by atoms with van der Waals surface area (Å²) >= 11 is 13.9. The van der Waals surface area contributed by atoms with Crippen LogP contribution in [0, 0.1) is 0 Å². The molecule has 0 aliphatic rings. The Labute approximate surface area is 205 Å². The van der Waals surface area contributed by atoms with Gasteiger partial charge in [0.25, 0.3) is 0 Å². The number of nitrogens with zero attached hydrogens (tertiary/aromatic N) is 2. The van der Waals surface area contributed by atoms with Gasteiger partial charge in [-0.25, -0.2) is 9.78 Å². The van der Waals surface area contributed by atoms with Crippen LogP contribution in [0.15, 0.2) is 67.0 Å². The Morgan fingerprint density at radius 2 is 1.76 bits per heavy atom. The molecule has 0 saturated carbocycles. The van der Waals surface area contributed by atoms with Crippen LogP contribution in [-0.2, 0) is 13.0 Å². The predicted molar refractivity (Wildman–Crippen MR) is 133 cm³/mol. The molecule has 0 aliphatic heterocycles. The average Bonchev–Trinajstić information content (AvgIpc) is 3.45. The van der Waals surface area contributed by atoms with Gasteiger partial charge >= 0.3 is 6.03 Å². The molecule has 0 radical (unpaired) electrons. The fraction of sp³-hybridized carbons (Fsp3) is 0.125. The second kappa shape index (κ2) is 10.2. The molecule has 2 aromatic carbocycles. The van der Waals surface area contributed by atoms with Gasteiger partial charge in [-0.1, -0.05) is 54.4 Å². The standard InChI is InChI=1S/C24H20Cl2N4O2S/c1-2-15-13-17(22(31)16-7-3-4-8-18(16)25)23(33-15)30-12-11-27-21(30)14-28-24(32)29-20-10-6-5-9-19(20)26/h3-13H,2,14H2,1H3,(H2,28,29,32). The van der Waals surface area contributed by atoms with E-state index >= 15 is 0 Å².